The molecule has 100 heavy (non-hydrogen) atoms. The van der Waals surface area contributed by atoms with Gasteiger partial charge in [-0.2, -0.15) is 0 Å². The molecule has 0 aromatic carbocycles. The lowest BCUT2D eigenvalue weighted by molar-refractivity contribution is -0.0547. The molecule has 0 saturated carbocycles. The molecule has 0 aliphatic carbocycles. The molecule has 0 spiro atoms. The average molecular weight is 1410 g/mol. The Hall–Kier alpha value is -0.560. The molecular formula is C86H175N11O3. The van der Waals surface area contributed by atoms with Gasteiger partial charge in [0.25, 0.3) is 0 Å². The summed E-state index contributed by atoms with van der Waals surface area (Å²) in [6.07, 6.45) is 32.2. The fraction of sp³-hybridized carbons (Fsp3) is 1.00. The zero-order valence-corrected chi connectivity index (χ0v) is 71.8. The second-order valence-electron chi connectivity index (χ2n) is 37.6. The second kappa shape index (κ2) is 44.8. The van der Waals surface area contributed by atoms with E-state index in [-0.39, 0.29) is 0 Å². The third kappa shape index (κ3) is 30.1. The Morgan fingerprint density at radius 3 is 0.810 bits per heavy atom. The van der Waals surface area contributed by atoms with E-state index in [1.165, 1.54) is 181 Å². The van der Waals surface area contributed by atoms with Crippen LogP contribution in [0.4, 0.5) is 0 Å². The van der Waals surface area contributed by atoms with Crippen LogP contribution in [0.3, 0.4) is 0 Å². The number of nitrogens with zero attached hydrogens (tertiary/aromatic N) is 8. The minimum Gasteiger partial charge on any atom is -0.375 e. The largest absolute Gasteiger partial charge is 0.375 e. The van der Waals surface area contributed by atoms with Gasteiger partial charge in [-0.05, 0) is 333 Å². The number of likely N-dealkylation sites (tertiary alicyclic amines) is 3. The molecule has 14 nitrogen and oxygen atoms in total. The molecule has 3 N–H and O–H groups in total. The van der Waals surface area contributed by atoms with Gasteiger partial charge in [0.05, 0.1) is 36.6 Å². The van der Waals surface area contributed by atoms with Gasteiger partial charge in [0.2, 0.25) is 0 Å². The summed E-state index contributed by atoms with van der Waals surface area (Å²) in [5, 5.41) is 11.0. The molecule has 0 aromatic rings. The molecule has 13 atom stereocenters. The van der Waals surface area contributed by atoms with E-state index < -0.39 is 0 Å². The van der Waals surface area contributed by atoms with Crippen LogP contribution in [0.2, 0.25) is 0 Å². The Kier molecular flexibility index (Phi) is 40.3. The normalized spacial score (nSPS) is 31.3. The predicted octanol–water partition coefficient (Wildman–Crippen LogP) is 16.7. The highest BCUT2D eigenvalue weighted by Crippen LogP contribution is 2.42. The molecule has 11 heterocycles. The van der Waals surface area contributed by atoms with E-state index in [0.29, 0.717) is 85.0 Å². The maximum atomic E-state index is 5.97. The van der Waals surface area contributed by atoms with E-state index in [2.05, 4.69) is 256 Å². The van der Waals surface area contributed by atoms with Gasteiger partial charge in [-0.15, -0.1) is 0 Å². The summed E-state index contributed by atoms with van der Waals surface area (Å²) >= 11 is 0. The number of rotatable bonds is 21. The van der Waals surface area contributed by atoms with Crippen molar-refractivity contribution in [1.29, 1.82) is 0 Å². The summed E-state index contributed by atoms with van der Waals surface area (Å²) in [6, 6.07) is 17.2. The number of hydrogen-bond acceptors (Lipinski definition) is 14. The summed E-state index contributed by atoms with van der Waals surface area (Å²) in [4.78, 5) is 21.2. The van der Waals surface area contributed by atoms with Crippen LogP contribution in [0.25, 0.3) is 0 Å². The van der Waals surface area contributed by atoms with Crippen LogP contribution in [-0.2, 0) is 14.2 Å². The SMILES string of the molecule is CC(C)N1CCC(N(C)C(C)C)CC1.CC(C)NC1CCN(C(C)C)CC1.CC(C)NC1C[C@H]2CC[C@@H](C1)N2C(C)C.CC(C)N[C@H]1CCCN(C(C)C)C1.CC(C)OC1C[C@H]2CC[C@@H](C1)N2C(C)C.CC(C)OC1C[C@H]2CC[C@@H](C1)N2C(C)C.CC(C)OC1C[C@H]2CC[C@@H](C1)N2C(C)C. The Bertz CT molecular complexity index is 1870. The van der Waals surface area contributed by atoms with Gasteiger partial charge in [-0.1, -0.05) is 41.5 Å². The minimum atomic E-state index is 0.389. The van der Waals surface area contributed by atoms with Crippen LogP contribution >= 0.6 is 0 Å². The number of ether oxygens (including phenoxy) is 3. The quantitative estimate of drug-likeness (QED) is 0.102. The van der Waals surface area contributed by atoms with Crippen molar-refractivity contribution >= 4 is 0 Å². The predicted molar refractivity (Wildman–Crippen MR) is 433 cm³/mol. The lowest BCUT2D eigenvalue weighted by Crippen LogP contribution is -2.52. The highest BCUT2D eigenvalue weighted by Gasteiger charge is 2.46. The molecule has 592 valence electrons. The van der Waals surface area contributed by atoms with E-state index >= 15 is 0 Å². The molecule has 11 fully saturated rings. The van der Waals surface area contributed by atoms with E-state index in [1.807, 2.05) is 0 Å². The van der Waals surface area contributed by atoms with Crippen molar-refractivity contribution in [2.75, 3.05) is 46.3 Å². The molecule has 0 aromatic heterocycles. The zero-order chi connectivity index (χ0) is 74.4. The van der Waals surface area contributed by atoms with Crippen molar-refractivity contribution in [2.45, 2.75) is 511 Å². The topological polar surface area (TPSA) is 89.7 Å². The van der Waals surface area contributed by atoms with Gasteiger partial charge in [-0.25, -0.2) is 0 Å². The number of hydrogen-bond donors (Lipinski definition) is 3. The van der Waals surface area contributed by atoms with Gasteiger partial charge >= 0.3 is 0 Å². The lowest BCUT2D eigenvalue weighted by atomic mass is 9.95. The molecule has 11 saturated heterocycles. The molecule has 8 bridgehead atoms. The molecule has 0 radical (unpaired) electrons. The van der Waals surface area contributed by atoms with Crippen LogP contribution in [0.1, 0.15) is 335 Å². The van der Waals surface area contributed by atoms with Gasteiger partial charge in [0, 0.05) is 146 Å². The van der Waals surface area contributed by atoms with Crippen LogP contribution in [0.5, 0.6) is 0 Å². The second-order valence-corrected chi connectivity index (χ2v) is 37.6. The number of piperidine rings is 7. The van der Waals surface area contributed by atoms with Crippen molar-refractivity contribution < 1.29 is 14.2 Å². The van der Waals surface area contributed by atoms with Crippen LogP contribution in [0.15, 0.2) is 0 Å². The first kappa shape index (κ1) is 90.1. The molecule has 4 unspecified atom stereocenters. The van der Waals surface area contributed by atoms with E-state index in [1.54, 1.807) is 0 Å². The molecule has 11 rings (SSSR count). The first-order chi connectivity index (χ1) is 47.0. The van der Waals surface area contributed by atoms with Crippen LogP contribution < -0.4 is 16.0 Å². The summed E-state index contributed by atoms with van der Waals surface area (Å²) in [6.45, 7) is 70.9. The van der Waals surface area contributed by atoms with Crippen LogP contribution in [0, 0.1) is 0 Å². The van der Waals surface area contributed by atoms with Crippen molar-refractivity contribution in [1.82, 2.24) is 55.1 Å². The third-order valence-corrected chi connectivity index (χ3v) is 24.6. The van der Waals surface area contributed by atoms with Crippen LogP contribution in [-0.4, -0.2) is 261 Å². The molecular weight excluding hydrogens is 1240 g/mol. The molecule has 0 amide bonds. The monoisotopic (exact) mass is 1410 g/mol. The third-order valence-electron chi connectivity index (χ3n) is 24.6. The highest BCUT2D eigenvalue weighted by atomic mass is 16.5. The maximum absolute atomic E-state index is 5.97. The Morgan fingerprint density at radius 2 is 0.550 bits per heavy atom. The Labute approximate surface area is 623 Å². The summed E-state index contributed by atoms with van der Waals surface area (Å²) in [5.41, 5.74) is 0. The molecule has 14 heteroatoms. The minimum absolute atomic E-state index is 0.389. The van der Waals surface area contributed by atoms with Gasteiger partial charge in [0.1, 0.15) is 0 Å². The maximum Gasteiger partial charge on any atom is 0.0608 e. The zero-order valence-electron chi connectivity index (χ0n) is 71.8. The van der Waals surface area contributed by atoms with Gasteiger partial charge < -0.3 is 44.9 Å². The van der Waals surface area contributed by atoms with Crippen molar-refractivity contribution in [3.05, 3.63) is 0 Å². The van der Waals surface area contributed by atoms with Gasteiger partial charge in [0.15, 0.2) is 0 Å². The average Bonchev–Trinajstić information content (AvgIpc) is 1.67. The van der Waals surface area contributed by atoms with E-state index in [9.17, 15) is 0 Å². The highest BCUT2D eigenvalue weighted by molar-refractivity contribution is 5.01. The first-order valence-corrected chi connectivity index (χ1v) is 43.3. The Balaban J connectivity index is 0.000000211. The lowest BCUT2D eigenvalue weighted by Gasteiger charge is -2.42. The number of fused-ring (bicyclic) bond motifs is 8. The first-order valence-electron chi connectivity index (χ1n) is 43.3. The molecule has 11 aliphatic rings. The fourth-order valence-electron chi connectivity index (χ4n) is 20.5. The van der Waals surface area contributed by atoms with Crippen molar-refractivity contribution in [2.24, 2.45) is 0 Å². The number of nitrogens with one attached hydrogen (secondary N) is 3. The smallest absolute Gasteiger partial charge is 0.0608 e. The van der Waals surface area contributed by atoms with Gasteiger partial charge in [-0.3, -0.25) is 24.5 Å². The standard InChI is InChI=1S/C13H26N2.3C13H25NO.C12H26N2.2C11H24N2/c1-9(2)14-11-7-12-5-6-13(8-11)15(12)10(3)4;3*1-9(2)14-11-5-6-12(14)8-13(7-11)15-10(3)4;1-10(2)13(5)12-6-8-14(9-7-12)11(3)4;1-9(2)12-11-5-7-13(8-6-11)10(3)4;1-9(2)12-11-6-5-7-13(8-11)10(3)4/h9-14H,5-8H2,1-4H3;3*9-13H,5-8H2,1-4H3;10-12H,6-9H2,1-5H3;2*9-12H,5-8H2,1-4H3/t11?,12-,13+;3*11-,12+,13?;;;11-/m......0/s1. The van der Waals surface area contributed by atoms with E-state index in [4.69, 9.17) is 14.2 Å². The van der Waals surface area contributed by atoms with Crippen molar-refractivity contribution in [3.63, 3.8) is 0 Å². The summed E-state index contributed by atoms with van der Waals surface area (Å²) < 4.78 is 17.9. The summed E-state index contributed by atoms with van der Waals surface area (Å²) in [5.74, 6) is 0. The fourth-order valence-corrected chi connectivity index (χ4v) is 20.5. The van der Waals surface area contributed by atoms with Crippen molar-refractivity contribution in [3.8, 4) is 0 Å². The molecule has 11 aliphatic heterocycles. The Morgan fingerprint density at radius 1 is 0.280 bits per heavy atom. The summed E-state index contributed by atoms with van der Waals surface area (Å²) in [7, 11) is 2.26. The van der Waals surface area contributed by atoms with E-state index in [0.717, 1.165) is 90.6 Å².